The van der Waals surface area contributed by atoms with Crippen molar-refractivity contribution in [2.45, 2.75) is 13.3 Å². The van der Waals surface area contributed by atoms with Gasteiger partial charge in [-0.15, -0.1) is 5.10 Å². The lowest BCUT2D eigenvalue weighted by Crippen LogP contribution is -1.95. The zero-order chi connectivity index (χ0) is 8.55. The molecule has 4 heteroatoms. The summed E-state index contributed by atoms with van der Waals surface area (Å²) in [6.45, 7) is 2.11. The topological polar surface area (TPSA) is 30.2 Å². The maximum atomic E-state index is 4.28. The molecule has 0 aliphatic rings. The maximum absolute atomic E-state index is 4.28. The van der Waals surface area contributed by atoms with Crippen LogP contribution >= 0.6 is 22.6 Å². The molecule has 12 heavy (non-hydrogen) atoms. The van der Waals surface area contributed by atoms with Gasteiger partial charge in [-0.05, 0) is 18.6 Å². The second-order valence-electron chi connectivity index (χ2n) is 2.52. The highest BCUT2D eigenvalue weighted by Crippen LogP contribution is 2.07. The summed E-state index contributed by atoms with van der Waals surface area (Å²) in [6.07, 6.45) is 0.983. The summed E-state index contributed by atoms with van der Waals surface area (Å²) in [5.74, 6) is 0. The first-order valence-corrected chi connectivity index (χ1v) is 4.89. The number of hydrogen-bond acceptors (Lipinski definition) is 2. The van der Waals surface area contributed by atoms with Gasteiger partial charge >= 0.3 is 0 Å². The van der Waals surface area contributed by atoms with Crippen LogP contribution < -0.4 is 0 Å². The molecule has 0 aromatic carbocycles. The molecule has 0 N–H and O–H groups in total. The highest BCUT2D eigenvalue weighted by Gasteiger charge is 2.01. The third-order valence-corrected chi connectivity index (χ3v) is 2.23. The number of rotatable bonds is 1. The molecule has 0 aliphatic heterocycles. The summed E-state index contributed by atoms with van der Waals surface area (Å²) in [6, 6.07) is 6.05. The predicted molar refractivity (Wildman–Crippen MR) is 55.1 cm³/mol. The number of nitrogens with zero attached hydrogens (tertiary/aromatic N) is 3. The number of hydrogen-bond donors (Lipinski definition) is 0. The van der Waals surface area contributed by atoms with Crippen molar-refractivity contribution < 1.29 is 0 Å². The predicted octanol–water partition coefficient (Wildman–Crippen LogP) is 1.90. The zero-order valence-electron chi connectivity index (χ0n) is 6.66. The van der Waals surface area contributed by atoms with Gasteiger partial charge in [-0.1, -0.05) is 13.0 Å². The largest absolute Gasteiger partial charge is 0.217 e. The lowest BCUT2D eigenvalue weighted by atomic mass is 10.3. The first kappa shape index (κ1) is 7.97. The highest BCUT2D eigenvalue weighted by atomic mass is 127. The molecule has 0 radical (unpaired) electrons. The first-order valence-electron chi connectivity index (χ1n) is 3.81. The summed E-state index contributed by atoms with van der Waals surface area (Å²) in [5, 5.41) is 4.28. The van der Waals surface area contributed by atoms with Crippen LogP contribution in [0.2, 0.25) is 0 Å². The first-order chi connectivity index (χ1) is 5.81. The molecule has 2 rings (SSSR count). The van der Waals surface area contributed by atoms with Crippen molar-refractivity contribution in [2.24, 2.45) is 0 Å². The normalized spacial score (nSPS) is 10.8. The Morgan fingerprint density at radius 3 is 3.08 bits per heavy atom. The summed E-state index contributed by atoms with van der Waals surface area (Å²) < 4.78 is 2.69. The lowest BCUT2D eigenvalue weighted by Gasteiger charge is -1.97. The monoisotopic (exact) mass is 273 g/mol. The van der Waals surface area contributed by atoms with Crippen molar-refractivity contribution in [3.8, 4) is 0 Å². The molecule has 0 saturated heterocycles. The number of aryl methyl sites for hydroxylation is 1. The van der Waals surface area contributed by atoms with E-state index in [2.05, 4.69) is 45.7 Å². The van der Waals surface area contributed by atoms with Crippen molar-refractivity contribution in [3.05, 3.63) is 27.7 Å². The summed E-state index contributed by atoms with van der Waals surface area (Å²) in [4.78, 5) is 4.26. The van der Waals surface area contributed by atoms with Crippen LogP contribution in [0.4, 0.5) is 0 Å². The molecule has 2 heterocycles. The van der Waals surface area contributed by atoms with E-state index in [-0.39, 0.29) is 0 Å². The number of aromatic nitrogens is 3. The second-order valence-corrected chi connectivity index (χ2v) is 3.49. The molecule has 3 nitrogen and oxygen atoms in total. The third-order valence-electron chi connectivity index (χ3n) is 1.77. The van der Waals surface area contributed by atoms with E-state index in [1.54, 1.807) is 0 Å². The molecule has 0 fully saturated rings. The molecule has 0 bridgehead atoms. The van der Waals surface area contributed by atoms with Gasteiger partial charge in [-0.2, -0.15) is 0 Å². The van der Waals surface area contributed by atoms with Crippen molar-refractivity contribution in [3.63, 3.8) is 0 Å². The van der Waals surface area contributed by atoms with E-state index < -0.39 is 0 Å². The Kier molecular flexibility index (Phi) is 2.00. The Morgan fingerprint density at radius 1 is 1.50 bits per heavy atom. The van der Waals surface area contributed by atoms with Gasteiger partial charge in [-0.25, -0.2) is 9.50 Å². The van der Waals surface area contributed by atoms with Gasteiger partial charge < -0.3 is 0 Å². The van der Waals surface area contributed by atoms with Gasteiger partial charge in [0.1, 0.15) is 0 Å². The van der Waals surface area contributed by atoms with E-state index in [4.69, 9.17) is 0 Å². The minimum atomic E-state index is 0.800. The molecule has 0 spiro atoms. The minimum Gasteiger partial charge on any atom is -0.217 e. The Labute approximate surface area is 83.9 Å². The molecule has 2 aromatic heterocycles. The van der Waals surface area contributed by atoms with Gasteiger partial charge in [0, 0.05) is 28.3 Å². The van der Waals surface area contributed by atoms with Crippen LogP contribution in [0.25, 0.3) is 5.65 Å². The van der Waals surface area contributed by atoms with E-state index in [0.29, 0.717) is 0 Å². The molecule has 0 saturated carbocycles. The molecule has 0 aliphatic carbocycles. The average molecular weight is 273 g/mol. The Morgan fingerprint density at radius 2 is 2.33 bits per heavy atom. The van der Waals surface area contributed by atoms with Crippen LogP contribution in [0, 0.1) is 3.83 Å². The Bertz CT molecular complexity index is 408. The van der Waals surface area contributed by atoms with E-state index in [0.717, 1.165) is 15.9 Å². The molecule has 0 atom stereocenters. The molecule has 62 valence electrons. The third kappa shape index (κ3) is 1.20. The molecular formula is C8H8IN3. The van der Waals surface area contributed by atoms with Crippen LogP contribution in [0.3, 0.4) is 0 Å². The standard InChI is InChI=1S/C8H8IN3/c1-2-6-4-3-5-7-10-8(9)11-12(6)7/h3-5H,2H2,1H3. The van der Waals surface area contributed by atoms with Gasteiger partial charge in [0.25, 0.3) is 0 Å². The quantitative estimate of drug-likeness (QED) is 0.743. The Balaban J connectivity index is 2.78. The van der Waals surface area contributed by atoms with Crippen molar-refractivity contribution in [1.82, 2.24) is 14.6 Å². The smallest absolute Gasteiger partial charge is 0.212 e. The fourth-order valence-corrected chi connectivity index (χ4v) is 1.66. The van der Waals surface area contributed by atoms with Gasteiger partial charge in [0.05, 0.1) is 0 Å². The minimum absolute atomic E-state index is 0.800. The number of fused-ring (bicyclic) bond motifs is 1. The van der Waals surface area contributed by atoms with Crippen LogP contribution in [0.5, 0.6) is 0 Å². The number of halogens is 1. The van der Waals surface area contributed by atoms with Gasteiger partial charge in [0.2, 0.25) is 3.83 Å². The van der Waals surface area contributed by atoms with E-state index in [1.165, 1.54) is 5.69 Å². The fourth-order valence-electron chi connectivity index (χ4n) is 1.20. The van der Waals surface area contributed by atoms with Crippen molar-refractivity contribution in [2.75, 3.05) is 0 Å². The average Bonchev–Trinajstić information content (AvgIpc) is 2.44. The van der Waals surface area contributed by atoms with Crippen LogP contribution in [-0.2, 0) is 6.42 Å². The van der Waals surface area contributed by atoms with E-state index in [9.17, 15) is 0 Å². The maximum Gasteiger partial charge on any atom is 0.212 e. The summed E-state index contributed by atoms with van der Waals surface area (Å²) >= 11 is 2.12. The summed E-state index contributed by atoms with van der Waals surface area (Å²) in [7, 11) is 0. The van der Waals surface area contributed by atoms with Crippen LogP contribution in [0.1, 0.15) is 12.6 Å². The molecule has 2 aromatic rings. The summed E-state index contributed by atoms with van der Waals surface area (Å²) in [5.41, 5.74) is 2.13. The molecular weight excluding hydrogens is 265 g/mol. The van der Waals surface area contributed by atoms with E-state index in [1.807, 2.05) is 16.6 Å². The second kappa shape index (κ2) is 3.01. The van der Waals surface area contributed by atoms with Gasteiger partial charge in [0.15, 0.2) is 5.65 Å². The van der Waals surface area contributed by atoms with E-state index >= 15 is 0 Å². The molecule has 0 amide bonds. The van der Waals surface area contributed by atoms with Crippen molar-refractivity contribution >= 4 is 28.2 Å². The SMILES string of the molecule is CCc1cccc2nc(I)nn12. The Hall–Kier alpha value is -0.650. The number of pyridine rings is 1. The molecule has 0 unspecified atom stereocenters. The lowest BCUT2D eigenvalue weighted by molar-refractivity contribution is 0.856. The highest BCUT2D eigenvalue weighted by molar-refractivity contribution is 14.1. The van der Waals surface area contributed by atoms with Gasteiger partial charge in [-0.3, -0.25) is 0 Å². The van der Waals surface area contributed by atoms with Crippen molar-refractivity contribution in [1.29, 1.82) is 0 Å². The zero-order valence-corrected chi connectivity index (χ0v) is 8.82. The van der Waals surface area contributed by atoms with Crippen LogP contribution in [0.15, 0.2) is 18.2 Å². The fraction of sp³-hybridized carbons (Fsp3) is 0.250. The van der Waals surface area contributed by atoms with Crippen LogP contribution in [-0.4, -0.2) is 14.6 Å².